The fourth-order valence-electron chi connectivity index (χ4n) is 3.93. The van der Waals surface area contributed by atoms with Crippen molar-refractivity contribution in [3.8, 4) is 0 Å². The quantitative estimate of drug-likeness (QED) is 0.854. The van der Waals surface area contributed by atoms with Gasteiger partial charge < -0.3 is 10.2 Å². The fraction of sp³-hybridized carbons (Fsp3) is 0.471. The molecule has 6 nitrogen and oxygen atoms in total. The number of rotatable bonds is 3. The standard InChI is InChI=1S/C17H18ClN3O3/c1-2-3-13-12-8-17(9-14(12)24-20-13)15(22)21(16(23)19-17)11-6-4-10(18)5-7-11/h4-7,12,14H,2-3,8-9H2,1H3,(H,19,23)/t12-,14-,17-/m1/s1. The second kappa shape index (κ2) is 5.48. The first-order valence-corrected chi connectivity index (χ1v) is 8.57. The third-order valence-electron chi connectivity index (χ3n) is 5.05. The molecule has 3 atom stereocenters. The van der Waals surface area contributed by atoms with Crippen molar-refractivity contribution < 1.29 is 14.4 Å². The van der Waals surface area contributed by atoms with Crippen LogP contribution in [0.3, 0.4) is 0 Å². The topological polar surface area (TPSA) is 71.0 Å². The summed E-state index contributed by atoms with van der Waals surface area (Å²) in [6, 6.07) is 6.29. The molecule has 7 heteroatoms. The number of benzene rings is 1. The van der Waals surface area contributed by atoms with E-state index in [0.717, 1.165) is 18.6 Å². The summed E-state index contributed by atoms with van der Waals surface area (Å²) in [7, 11) is 0. The van der Waals surface area contributed by atoms with E-state index in [1.54, 1.807) is 24.3 Å². The molecule has 4 rings (SSSR count). The molecule has 0 radical (unpaired) electrons. The lowest BCUT2D eigenvalue weighted by atomic mass is 9.92. The lowest BCUT2D eigenvalue weighted by molar-refractivity contribution is -0.122. The second-order valence-electron chi connectivity index (χ2n) is 6.62. The van der Waals surface area contributed by atoms with E-state index in [9.17, 15) is 9.59 Å². The molecule has 1 saturated heterocycles. The first-order chi connectivity index (χ1) is 11.5. The summed E-state index contributed by atoms with van der Waals surface area (Å²) >= 11 is 5.89. The first-order valence-electron chi connectivity index (χ1n) is 8.19. The normalized spacial score (nSPS) is 31.2. The molecule has 1 N–H and O–H groups in total. The molecule has 1 saturated carbocycles. The van der Waals surface area contributed by atoms with Gasteiger partial charge in [0.15, 0.2) is 0 Å². The molecule has 2 aliphatic heterocycles. The maximum absolute atomic E-state index is 13.0. The van der Waals surface area contributed by atoms with E-state index in [1.807, 2.05) is 0 Å². The highest BCUT2D eigenvalue weighted by Gasteiger charge is 2.61. The zero-order chi connectivity index (χ0) is 16.9. The molecule has 0 aromatic heterocycles. The number of anilines is 1. The van der Waals surface area contributed by atoms with E-state index < -0.39 is 11.6 Å². The molecule has 2 fully saturated rings. The van der Waals surface area contributed by atoms with Crippen LogP contribution in [0.1, 0.15) is 32.6 Å². The Balaban J connectivity index is 1.60. The SMILES string of the molecule is CCCC1=NO[C@@H]2C[C@@]3(C[C@H]12)NC(=O)N(c1ccc(Cl)cc1)C3=O. The molecule has 1 aromatic rings. The second-order valence-corrected chi connectivity index (χ2v) is 7.06. The lowest BCUT2D eigenvalue weighted by Gasteiger charge is -2.21. The van der Waals surface area contributed by atoms with Gasteiger partial charge in [0, 0.05) is 17.4 Å². The average molecular weight is 348 g/mol. The Morgan fingerprint density at radius 2 is 2.08 bits per heavy atom. The minimum absolute atomic E-state index is 0.111. The Hall–Kier alpha value is -2.08. The van der Waals surface area contributed by atoms with Gasteiger partial charge in [-0.25, -0.2) is 9.69 Å². The van der Waals surface area contributed by atoms with Crippen LogP contribution in [0, 0.1) is 5.92 Å². The van der Waals surface area contributed by atoms with E-state index in [0.29, 0.717) is 23.6 Å². The zero-order valence-electron chi connectivity index (χ0n) is 13.3. The van der Waals surface area contributed by atoms with Crippen molar-refractivity contribution in [3.05, 3.63) is 29.3 Å². The van der Waals surface area contributed by atoms with Crippen molar-refractivity contribution in [1.82, 2.24) is 5.32 Å². The Morgan fingerprint density at radius 1 is 1.33 bits per heavy atom. The predicted molar refractivity (Wildman–Crippen MR) is 90.1 cm³/mol. The number of hydrogen-bond acceptors (Lipinski definition) is 4. The van der Waals surface area contributed by atoms with Crippen LogP contribution >= 0.6 is 11.6 Å². The summed E-state index contributed by atoms with van der Waals surface area (Å²) in [6.07, 6.45) is 2.73. The van der Waals surface area contributed by atoms with Gasteiger partial charge in [0.05, 0.1) is 11.4 Å². The van der Waals surface area contributed by atoms with Crippen LogP contribution in [0.25, 0.3) is 0 Å². The number of nitrogens with one attached hydrogen (secondary N) is 1. The van der Waals surface area contributed by atoms with E-state index in [2.05, 4.69) is 17.4 Å². The molecule has 1 aromatic carbocycles. The third kappa shape index (κ3) is 2.20. The van der Waals surface area contributed by atoms with Crippen molar-refractivity contribution in [2.45, 2.75) is 44.2 Å². The van der Waals surface area contributed by atoms with Gasteiger partial charge in [-0.2, -0.15) is 0 Å². The smallest absolute Gasteiger partial charge is 0.329 e. The van der Waals surface area contributed by atoms with Crippen LogP contribution in [0.15, 0.2) is 29.4 Å². The van der Waals surface area contributed by atoms with Crippen LogP contribution in [-0.2, 0) is 9.63 Å². The number of imide groups is 1. The minimum Gasteiger partial charge on any atom is -0.392 e. The van der Waals surface area contributed by atoms with Gasteiger partial charge in [0.25, 0.3) is 5.91 Å². The number of hydrogen-bond donors (Lipinski definition) is 1. The van der Waals surface area contributed by atoms with Gasteiger partial charge >= 0.3 is 6.03 Å². The van der Waals surface area contributed by atoms with E-state index in [-0.39, 0.29) is 17.9 Å². The Labute approximate surface area is 144 Å². The van der Waals surface area contributed by atoms with Crippen molar-refractivity contribution in [1.29, 1.82) is 0 Å². The Kier molecular flexibility index (Phi) is 3.53. The highest BCUT2D eigenvalue weighted by molar-refractivity contribution is 6.31. The van der Waals surface area contributed by atoms with Crippen molar-refractivity contribution in [2.75, 3.05) is 4.90 Å². The number of oxime groups is 1. The fourth-order valence-corrected chi connectivity index (χ4v) is 4.06. The summed E-state index contributed by atoms with van der Waals surface area (Å²) < 4.78 is 0. The molecule has 24 heavy (non-hydrogen) atoms. The maximum Gasteiger partial charge on any atom is 0.329 e. The third-order valence-corrected chi connectivity index (χ3v) is 5.30. The number of amides is 3. The molecule has 2 heterocycles. The van der Waals surface area contributed by atoms with Gasteiger partial charge in [-0.1, -0.05) is 30.1 Å². The summed E-state index contributed by atoms with van der Waals surface area (Å²) in [5.41, 5.74) is 0.645. The largest absolute Gasteiger partial charge is 0.392 e. The molecule has 0 unspecified atom stereocenters. The van der Waals surface area contributed by atoms with Crippen LogP contribution < -0.4 is 10.2 Å². The van der Waals surface area contributed by atoms with Crippen LogP contribution in [0.2, 0.25) is 5.02 Å². The molecule has 0 bridgehead atoms. The van der Waals surface area contributed by atoms with Crippen molar-refractivity contribution in [3.63, 3.8) is 0 Å². The average Bonchev–Trinajstić information content (AvgIpc) is 3.16. The summed E-state index contributed by atoms with van der Waals surface area (Å²) in [5, 5.41) is 7.62. The van der Waals surface area contributed by atoms with Gasteiger partial charge in [-0.05, 0) is 37.1 Å². The summed E-state index contributed by atoms with van der Waals surface area (Å²) in [4.78, 5) is 32.2. The molecule has 3 amide bonds. The highest BCUT2D eigenvalue weighted by atomic mass is 35.5. The number of carbonyl (C=O) groups is 2. The summed E-state index contributed by atoms with van der Waals surface area (Å²) in [6.45, 7) is 2.09. The Morgan fingerprint density at radius 3 is 2.79 bits per heavy atom. The number of carbonyl (C=O) groups excluding carboxylic acids is 2. The molecule has 1 aliphatic carbocycles. The predicted octanol–water partition coefficient (Wildman–Crippen LogP) is 3.10. The lowest BCUT2D eigenvalue weighted by Crippen LogP contribution is -2.45. The molecule has 3 aliphatic rings. The molecule has 126 valence electrons. The van der Waals surface area contributed by atoms with Crippen molar-refractivity contribution >= 4 is 34.9 Å². The van der Waals surface area contributed by atoms with Crippen LogP contribution in [-0.4, -0.2) is 29.3 Å². The highest BCUT2D eigenvalue weighted by Crippen LogP contribution is 2.45. The van der Waals surface area contributed by atoms with Crippen molar-refractivity contribution in [2.24, 2.45) is 11.1 Å². The number of urea groups is 1. The number of nitrogens with zero attached hydrogens (tertiary/aromatic N) is 2. The van der Waals surface area contributed by atoms with Gasteiger partial charge in [-0.3, -0.25) is 4.79 Å². The monoisotopic (exact) mass is 347 g/mol. The molecular weight excluding hydrogens is 330 g/mol. The maximum atomic E-state index is 13.0. The molecule has 1 spiro atoms. The zero-order valence-corrected chi connectivity index (χ0v) is 14.0. The minimum atomic E-state index is -0.888. The van der Waals surface area contributed by atoms with Gasteiger partial charge in [0.2, 0.25) is 0 Å². The molecular formula is C17H18ClN3O3. The first kappa shape index (κ1) is 15.4. The van der Waals surface area contributed by atoms with E-state index in [4.69, 9.17) is 16.4 Å². The van der Waals surface area contributed by atoms with Crippen LogP contribution in [0.4, 0.5) is 10.5 Å². The van der Waals surface area contributed by atoms with Gasteiger partial charge in [-0.15, -0.1) is 0 Å². The van der Waals surface area contributed by atoms with E-state index in [1.165, 1.54) is 4.90 Å². The number of halogens is 1. The van der Waals surface area contributed by atoms with Gasteiger partial charge in [0.1, 0.15) is 11.6 Å². The Bertz CT molecular complexity index is 733. The number of fused-ring (bicyclic) bond motifs is 1. The van der Waals surface area contributed by atoms with Crippen LogP contribution in [0.5, 0.6) is 0 Å². The van der Waals surface area contributed by atoms with E-state index >= 15 is 0 Å². The summed E-state index contributed by atoms with van der Waals surface area (Å²) in [5.74, 6) is -0.108.